The maximum absolute atomic E-state index is 12.9. The zero-order valence-electron chi connectivity index (χ0n) is 50.6. The fourth-order valence-corrected chi connectivity index (χ4v) is 8.01. The van der Waals surface area contributed by atoms with Crippen molar-refractivity contribution >= 4 is 17.9 Å². The molecular weight excluding hydrogens is 973 g/mol. The van der Waals surface area contributed by atoms with Gasteiger partial charge in [-0.2, -0.15) is 0 Å². The molecule has 442 valence electrons. The summed E-state index contributed by atoms with van der Waals surface area (Å²) in [5.41, 5.74) is 0. The summed E-state index contributed by atoms with van der Waals surface area (Å²) in [6.45, 7) is 6.32. The Bertz CT molecular complexity index is 1820. The maximum atomic E-state index is 12.9. The van der Waals surface area contributed by atoms with Gasteiger partial charge in [0.15, 0.2) is 6.10 Å². The lowest BCUT2D eigenvalue weighted by Crippen LogP contribution is -2.30. The summed E-state index contributed by atoms with van der Waals surface area (Å²) in [5.74, 6) is -0.999. The Morgan fingerprint density at radius 2 is 0.494 bits per heavy atom. The van der Waals surface area contributed by atoms with Gasteiger partial charge in [-0.15, -0.1) is 0 Å². The van der Waals surface area contributed by atoms with Crippen LogP contribution in [0.1, 0.15) is 252 Å². The van der Waals surface area contributed by atoms with Crippen molar-refractivity contribution in [1.29, 1.82) is 0 Å². The molecule has 0 aromatic heterocycles. The van der Waals surface area contributed by atoms with Crippen LogP contribution in [0.2, 0.25) is 0 Å². The summed E-state index contributed by atoms with van der Waals surface area (Å²) in [6, 6.07) is 0. The van der Waals surface area contributed by atoms with Crippen LogP contribution in [0.5, 0.6) is 0 Å². The van der Waals surface area contributed by atoms with E-state index in [0.29, 0.717) is 19.3 Å². The van der Waals surface area contributed by atoms with Gasteiger partial charge in [0, 0.05) is 19.3 Å². The van der Waals surface area contributed by atoms with Crippen LogP contribution in [0, 0.1) is 0 Å². The smallest absolute Gasteiger partial charge is 0.306 e. The van der Waals surface area contributed by atoms with Gasteiger partial charge in [-0.1, -0.05) is 249 Å². The number of carbonyl (C=O) groups excluding carboxylic acids is 3. The van der Waals surface area contributed by atoms with E-state index < -0.39 is 6.10 Å². The summed E-state index contributed by atoms with van der Waals surface area (Å²) in [6.07, 6.45) is 96.3. The molecule has 0 aliphatic heterocycles. The minimum Gasteiger partial charge on any atom is -0.462 e. The van der Waals surface area contributed by atoms with Gasteiger partial charge >= 0.3 is 17.9 Å². The molecule has 0 amide bonds. The van der Waals surface area contributed by atoms with Crippen LogP contribution < -0.4 is 0 Å². The highest BCUT2D eigenvalue weighted by Gasteiger charge is 2.19. The van der Waals surface area contributed by atoms with E-state index in [-0.39, 0.29) is 37.5 Å². The molecule has 0 radical (unpaired) electrons. The van der Waals surface area contributed by atoms with Crippen molar-refractivity contribution < 1.29 is 28.6 Å². The molecular formula is C73H114O6. The van der Waals surface area contributed by atoms with Gasteiger partial charge in [-0.05, 0) is 154 Å². The molecule has 0 aromatic rings. The Morgan fingerprint density at radius 1 is 0.266 bits per heavy atom. The maximum Gasteiger partial charge on any atom is 0.306 e. The van der Waals surface area contributed by atoms with E-state index >= 15 is 0 Å². The minimum absolute atomic E-state index is 0.116. The van der Waals surface area contributed by atoms with Crippen LogP contribution in [0.15, 0.2) is 170 Å². The van der Waals surface area contributed by atoms with E-state index in [1.807, 2.05) is 0 Å². The van der Waals surface area contributed by atoms with E-state index in [2.05, 4.69) is 191 Å². The SMILES string of the molecule is CC/C=C\C/C=C\C/C=C\C/C=C\C/C=C\C/C=C\CCCCCCC(=O)OCC(COC(=O)CCCCCCCCC/C=C\C/C=C\CCCCC)OC(=O)CCCC/C=C\C/C=C\C/C=C\C/C=C\C/C=C\C/C=C\CC. The lowest BCUT2D eigenvalue weighted by molar-refractivity contribution is -0.167. The molecule has 1 unspecified atom stereocenters. The fourth-order valence-electron chi connectivity index (χ4n) is 8.01. The summed E-state index contributed by atoms with van der Waals surface area (Å²) >= 11 is 0. The van der Waals surface area contributed by atoms with Crippen LogP contribution in [0.3, 0.4) is 0 Å². The topological polar surface area (TPSA) is 78.9 Å². The van der Waals surface area contributed by atoms with Crippen LogP contribution in [-0.2, 0) is 28.6 Å². The van der Waals surface area contributed by atoms with Crippen LogP contribution in [-0.4, -0.2) is 37.2 Å². The Hall–Kier alpha value is -5.23. The van der Waals surface area contributed by atoms with Gasteiger partial charge in [-0.25, -0.2) is 0 Å². The van der Waals surface area contributed by atoms with Gasteiger partial charge in [0.05, 0.1) is 0 Å². The fraction of sp³-hybridized carbons (Fsp3) is 0.575. The van der Waals surface area contributed by atoms with E-state index in [1.54, 1.807) is 0 Å². The average molecular weight is 1090 g/mol. The van der Waals surface area contributed by atoms with Crippen molar-refractivity contribution in [3.8, 4) is 0 Å². The number of carbonyl (C=O) groups is 3. The summed E-state index contributed by atoms with van der Waals surface area (Å²) in [4.78, 5) is 38.3. The van der Waals surface area contributed by atoms with E-state index in [0.717, 1.165) is 154 Å². The molecule has 0 saturated heterocycles. The lowest BCUT2D eigenvalue weighted by atomic mass is 10.1. The molecule has 0 heterocycles. The Kier molecular flexibility index (Phi) is 61.0. The standard InChI is InChI=1S/C73H114O6/c1-4-7-10-13-16-19-22-25-28-31-33-35-36-38-39-42-45-48-51-54-57-60-63-66-72(75)78-69-70(68-77-71(74)65-62-59-56-53-50-47-44-41-30-27-24-21-18-15-12-9-6-3)79-73(76)67-64-61-58-55-52-49-46-43-40-37-34-32-29-26-23-20-17-14-11-8-5-2/h7-8,10-11,16-21,25-30,33-35,37-39,43,45-46,48,52,55,70H,4-6,9,12-15,22-24,31-32,36,40-42,44,47,49-51,53-54,56-69H2,1-3H3/b10-7-,11-8-,19-16-,20-17-,21-18-,28-25-,29-26-,30-27-,35-33-,37-34-,39-38-,46-43-,48-45-,55-52-. The van der Waals surface area contributed by atoms with Crippen molar-refractivity contribution in [2.75, 3.05) is 13.2 Å². The van der Waals surface area contributed by atoms with Crippen molar-refractivity contribution in [2.24, 2.45) is 0 Å². The first-order chi connectivity index (χ1) is 39.0. The first-order valence-electron chi connectivity index (χ1n) is 31.6. The van der Waals surface area contributed by atoms with Gasteiger partial charge in [0.2, 0.25) is 0 Å². The van der Waals surface area contributed by atoms with Crippen molar-refractivity contribution in [3.63, 3.8) is 0 Å². The summed E-state index contributed by atoms with van der Waals surface area (Å²) < 4.78 is 16.9. The summed E-state index contributed by atoms with van der Waals surface area (Å²) in [5, 5.41) is 0. The third kappa shape index (κ3) is 63.5. The summed E-state index contributed by atoms with van der Waals surface area (Å²) in [7, 11) is 0. The molecule has 6 nitrogen and oxygen atoms in total. The van der Waals surface area contributed by atoms with E-state index in [9.17, 15) is 14.4 Å². The highest BCUT2D eigenvalue weighted by molar-refractivity contribution is 5.71. The Balaban J connectivity index is 4.57. The molecule has 0 fully saturated rings. The number of rotatable bonds is 55. The van der Waals surface area contributed by atoms with Gasteiger partial charge < -0.3 is 14.2 Å². The average Bonchev–Trinajstić information content (AvgIpc) is 3.45. The second-order valence-electron chi connectivity index (χ2n) is 20.2. The monoisotopic (exact) mass is 1090 g/mol. The zero-order valence-corrected chi connectivity index (χ0v) is 50.6. The van der Waals surface area contributed by atoms with Crippen molar-refractivity contribution in [1.82, 2.24) is 0 Å². The number of unbranched alkanes of at least 4 members (excludes halogenated alkanes) is 16. The molecule has 0 aromatic carbocycles. The Labute approximate surface area is 485 Å². The normalized spacial score (nSPS) is 13.3. The number of hydrogen-bond donors (Lipinski definition) is 0. The zero-order chi connectivity index (χ0) is 57.1. The Morgan fingerprint density at radius 3 is 0.797 bits per heavy atom. The van der Waals surface area contributed by atoms with Crippen molar-refractivity contribution in [2.45, 2.75) is 258 Å². The third-order valence-corrected chi connectivity index (χ3v) is 12.7. The molecule has 0 rings (SSSR count). The van der Waals surface area contributed by atoms with Crippen molar-refractivity contribution in [3.05, 3.63) is 170 Å². The molecule has 0 aliphatic rings. The highest BCUT2D eigenvalue weighted by Crippen LogP contribution is 2.13. The quantitative estimate of drug-likeness (QED) is 0.0261. The first-order valence-corrected chi connectivity index (χ1v) is 31.6. The van der Waals surface area contributed by atoms with Crippen LogP contribution in [0.25, 0.3) is 0 Å². The number of esters is 3. The molecule has 1 atom stereocenters. The molecule has 79 heavy (non-hydrogen) atoms. The van der Waals surface area contributed by atoms with E-state index in [4.69, 9.17) is 14.2 Å². The van der Waals surface area contributed by atoms with Gasteiger partial charge in [0.25, 0.3) is 0 Å². The minimum atomic E-state index is -0.827. The van der Waals surface area contributed by atoms with Crippen LogP contribution >= 0.6 is 0 Å². The third-order valence-electron chi connectivity index (χ3n) is 12.7. The number of allylic oxidation sites excluding steroid dienone is 28. The largest absolute Gasteiger partial charge is 0.462 e. The number of ether oxygens (including phenoxy) is 3. The second-order valence-corrected chi connectivity index (χ2v) is 20.2. The second kappa shape index (κ2) is 65.3. The number of hydrogen-bond acceptors (Lipinski definition) is 6. The molecule has 0 N–H and O–H groups in total. The first kappa shape index (κ1) is 73.8. The van der Waals surface area contributed by atoms with Gasteiger partial charge in [-0.3, -0.25) is 14.4 Å². The van der Waals surface area contributed by atoms with Gasteiger partial charge in [0.1, 0.15) is 13.2 Å². The molecule has 0 aliphatic carbocycles. The van der Waals surface area contributed by atoms with E-state index in [1.165, 1.54) is 51.4 Å². The predicted molar refractivity (Wildman–Crippen MR) is 343 cm³/mol. The molecule has 0 spiro atoms. The molecule has 6 heteroatoms. The van der Waals surface area contributed by atoms with Crippen LogP contribution in [0.4, 0.5) is 0 Å². The lowest BCUT2D eigenvalue weighted by Gasteiger charge is -2.18. The predicted octanol–water partition coefficient (Wildman–Crippen LogP) is 21.9. The molecule has 0 saturated carbocycles. The molecule has 0 bridgehead atoms. The highest BCUT2D eigenvalue weighted by atomic mass is 16.6.